The van der Waals surface area contributed by atoms with Crippen molar-refractivity contribution in [2.75, 3.05) is 11.1 Å². The summed E-state index contributed by atoms with van der Waals surface area (Å²) in [5, 5.41) is 6.48. The number of anilines is 2. The number of hydrogen-bond acceptors (Lipinski definition) is 5. The number of hydrogen-bond donors (Lipinski definition) is 2. The van der Waals surface area contributed by atoms with Crippen LogP contribution in [0.3, 0.4) is 0 Å². The highest BCUT2D eigenvalue weighted by Crippen LogP contribution is 2.18. The minimum absolute atomic E-state index is 0.00838. The average Bonchev–Trinajstić information content (AvgIpc) is 2.82. The van der Waals surface area contributed by atoms with Gasteiger partial charge in [-0.05, 0) is 36.2 Å². The maximum absolute atomic E-state index is 13.0. The Morgan fingerprint density at radius 3 is 3.00 bits per heavy atom. The van der Waals surface area contributed by atoms with Gasteiger partial charge in [0.05, 0.1) is 11.4 Å². The van der Waals surface area contributed by atoms with E-state index in [1.54, 1.807) is 0 Å². The number of nitrogens with two attached hydrogens (primary N) is 1. The second-order valence-corrected chi connectivity index (χ2v) is 4.35. The lowest BCUT2D eigenvalue weighted by Gasteiger charge is -2.05. The highest BCUT2D eigenvalue weighted by Gasteiger charge is 2.15. The van der Waals surface area contributed by atoms with Crippen LogP contribution in [0.4, 0.5) is 15.8 Å². The number of aryl methyl sites for hydroxylation is 1. The number of amides is 1. The maximum atomic E-state index is 13.0. The lowest BCUT2D eigenvalue weighted by Crippen LogP contribution is -2.12. The fraction of sp³-hybridized carbons (Fsp3) is 0.182. The third kappa shape index (κ3) is 2.45. The molecule has 94 valence electrons. The van der Waals surface area contributed by atoms with Gasteiger partial charge < -0.3 is 11.1 Å². The normalized spacial score (nSPS) is 10.3. The zero-order chi connectivity index (χ0) is 13.1. The molecular weight excluding hydrogens is 255 g/mol. The molecule has 5 nitrogen and oxygen atoms in total. The van der Waals surface area contributed by atoms with Gasteiger partial charge in [0.15, 0.2) is 0 Å². The minimum atomic E-state index is -0.512. The molecular formula is C11H11FN4OS. The highest BCUT2D eigenvalue weighted by molar-refractivity contribution is 7.08. The van der Waals surface area contributed by atoms with Gasteiger partial charge in [-0.1, -0.05) is 11.4 Å². The summed E-state index contributed by atoms with van der Waals surface area (Å²) in [6, 6.07) is 4.02. The van der Waals surface area contributed by atoms with Crippen LogP contribution in [0.1, 0.15) is 22.3 Å². The molecule has 2 rings (SSSR count). The van der Waals surface area contributed by atoms with Gasteiger partial charge in [0.2, 0.25) is 0 Å². The number of aromatic nitrogens is 2. The van der Waals surface area contributed by atoms with Gasteiger partial charge in [-0.25, -0.2) is 4.39 Å². The summed E-state index contributed by atoms with van der Waals surface area (Å²) in [5.41, 5.74) is 6.50. The van der Waals surface area contributed by atoms with Gasteiger partial charge in [-0.3, -0.25) is 4.79 Å². The first kappa shape index (κ1) is 12.4. The Labute approximate surface area is 107 Å². The van der Waals surface area contributed by atoms with Crippen molar-refractivity contribution in [3.8, 4) is 0 Å². The molecule has 0 aliphatic rings. The van der Waals surface area contributed by atoms with Crippen molar-refractivity contribution in [3.63, 3.8) is 0 Å². The number of nitrogens with zero attached hydrogens (tertiary/aromatic N) is 2. The van der Waals surface area contributed by atoms with Crippen LogP contribution in [0.15, 0.2) is 18.2 Å². The van der Waals surface area contributed by atoms with Crippen molar-refractivity contribution in [2.45, 2.75) is 13.3 Å². The van der Waals surface area contributed by atoms with Crippen LogP contribution in [-0.2, 0) is 6.42 Å². The number of rotatable bonds is 3. The molecule has 0 aliphatic carbocycles. The van der Waals surface area contributed by atoms with E-state index >= 15 is 0 Å². The van der Waals surface area contributed by atoms with Crippen molar-refractivity contribution in [3.05, 3.63) is 34.6 Å². The maximum Gasteiger partial charge on any atom is 0.269 e. The third-order valence-electron chi connectivity index (χ3n) is 2.35. The fourth-order valence-electron chi connectivity index (χ4n) is 1.42. The van der Waals surface area contributed by atoms with E-state index in [0.717, 1.165) is 11.5 Å². The monoisotopic (exact) mass is 266 g/mol. The fourth-order valence-corrected chi connectivity index (χ4v) is 2.07. The summed E-state index contributed by atoms with van der Waals surface area (Å²) < 4.78 is 16.7. The van der Waals surface area contributed by atoms with E-state index in [1.165, 1.54) is 18.2 Å². The third-order valence-corrected chi connectivity index (χ3v) is 3.12. The van der Waals surface area contributed by atoms with Gasteiger partial charge in [0, 0.05) is 5.69 Å². The molecule has 0 bridgehead atoms. The van der Waals surface area contributed by atoms with Crippen molar-refractivity contribution in [2.24, 2.45) is 0 Å². The summed E-state index contributed by atoms with van der Waals surface area (Å²) >= 11 is 1.03. The summed E-state index contributed by atoms with van der Waals surface area (Å²) in [6.07, 6.45) is 0.630. The van der Waals surface area contributed by atoms with Crippen LogP contribution in [-0.4, -0.2) is 15.5 Å². The SMILES string of the molecule is CCc1nnsc1C(=O)Nc1ccc(F)c(N)c1. The molecule has 2 aromatic rings. The Hall–Kier alpha value is -2.02. The molecule has 0 aliphatic heterocycles. The Morgan fingerprint density at radius 2 is 2.33 bits per heavy atom. The highest BCUT2D eigenvalue weighted by atomic mass is 32.1. The van der Waals surface area contributed by atoms with Gasteiger partial charge in [0.25, 0.3) is 5.91 Å². The number of benzene rings is 1. The number of halogens is 1. The largest absolute Gasteiger partial charge is 0.396 e. The second kappa shape index (κ2) is 5.09. The molecule has 1 heterocycles. The predicted octanol–water partition coefficient (Wildman–Crippen LogP) is 2.07. The Kier molecular flexibility index (Phi) is 3.52. The molecule has 18 heavy (non-hydrogen) atoms. The van der Waals surface area contributed by atoms with Gasteiger partial charge in [-0.15, -0.1) is 5.10 Å². The zero-order valence-corrected chi connectivity index (χ0v) is 10.4. The van der Waals surface area contributed by atoms with Crippen LogP contribution in [0.2, 0.25) is 0 Å². The number of nitrogens with one attached hydrogen (secondary N) is 1. The first-order valence-electron chi connectivity index (χ1n) is 5.29. The van der Waals surface area contributed by atoms with Crippen LogP contribution in [0.5, 0.6) is 0 Å². The lowest BCUT2D eigenvalue weighted by atomic mass is 10.2. The first-order valence-corrected chi connectivity index (χ1v) is 6.06. The van der Waals surface area contributed by atoms with E-state index in [1.807, 2.05) is 6.92 Å². The molecule has 3 N–H and O–H groups in total. The molecule has 1 aromatic carbocycles. The van der Waals surface area contributed by atoms with E-state index in [0.29, 0.717) is 22.7 Å². The molecule has 0 radical (unpaired) electrons. The van der Waals surface area contributed by atoms with Crippen LogP contribution >= 0.6 is 11.5 Å². The molecule has 0 atom stereocenters. The Balaban J connectivity index is 2.19. The quantitative estimate of drug-likeness (QED) is 0.833. The molecule has 0 unspecified atom stereocenters. The standard InChI is InChI=1S/C11H11FN4OS/c1-2-9-10(18-16-15-9)11(17)14-6-3-4-7(12)8(13)5-6/h3-5H,2,13H2,1H3,(H,14,17). The van der Waals surface area contributed by atoms with Crippen molar-refractivity contribution in [1.29, 1.82) is 0 Å². The van der Waals surface area contributed by atoms with Crippen molar-refractivity contribution >= 4 is 28.8 Å². The van der Waals surface area contributed by atoms with Crippen molar-refractivity contribution in [1.82, 2.24) is 9.59 Å². The molecule has 1 aromatic heterocycles. The summed E-state index contributed by atoms with van der Waals surface area (Å²) in [5.74, 6) is -0.824. The first-order chi connectivity index (χ1) is 8.61. The van der Waals surface area contributed by atoms with Crippen LogP contribution < -0.4 is 11.1 Å². The smallest absolute Gasteiger partial charge is 0.269 e. The molecule has 0 spiro atoms. The summed E-state index contributed by atoms with van der Waals surface area (Å²) in [7, 11) is 0. The number of carbonyl (C=O) groups excluding carboxylic acids is 1. The van der Waals surface area contributed by atoms with Crippen LogP contribution in [0, 0.1) is 5.82 Å². The van der Waals surface area contributed by atoms with E-state index in [-0.39, 0.29) is 11.6 Å². The van der Waals surface area contributed by atoms with E-state index < -0.39 is 5.82 Å². The predicted molar refractivity (Wildman–Crippen MR) is 68.1 cm³/mol. The zero-order valence-electron chi connectivity index (χ0n) is 9.61. The van der Waals surface area contributed by atoms with E-state index in [4.69, 9.17) is 5.73 Å². The number of carbonyl (C=O) groups is 1. The number of nitrogen functional groups attached to an aromatic ring is 1. The molecule has 0 fully saturated rings. The van der Waals surface area contributed by atoms with E-state index in [9.17, 15) is 9.18 Å². The minimum Gasteiger partial charge on any atom is -0.396 e. The molecule has 7 heteroatoms. The van der Waals surface area contributed by atoms with E-state index in [2.05, 4.69) is 14.9 Å². The summed E-state index contributed by atoms with van der Waals surface area (Å²) in [4.78, 5) is 12.4. The van der Waals surface area contributed by atoms with Crippen molar-refractivity contribution < 1.29 is 9.18 Å². The molecule has 0 saturated heterocycles. The topological polar surface area (TPSA) is 80.9 Å². The van der Waals surface area contributed by atoms with Crippen LogP contribution in [0.25, 0.3) is 0 Å². The molecule has 0 saturated carbocycles. The molecule has 1 amide bonds. The van der Waals surface area contributed by atoms with Gasteiger partial charge >= 0.3 is 0 Å². The Morgan fingerprint density at radius 1 is 1.56 bits per heavy atom. The van der Waals surface area contributed by atoms with Gasteiger partial charge in [0.1, 0.15) is 10.7 Å². The van der Waals surface area contributed by atoms with Gasteiger partial charge in [-0.2, -0.15) is 0 Å². The second-order valence-electron chi connectivity index (χ2n) is 3.59. The lowest BCUT2D eigenvalue weighted by molar-refractivity contribution is 0.102. The Bertz CT molecular complexity index is 584. The summed E-state index contributed by atoms with van der Waals surface area (Å²) in [6.45, 7) is 1.89. The average molecular weight is 266 g/mol.